The fourth-order valence-corrected chi connectivity index (χ4v) is 5.02. The van der Waals surface area contributed by atoms with Gasteiger partial charge in [0.15, 0.2) is 0 Å². The van der Waals surface area contributed by atoms with Crippen molar-refractivity contribution in [1.82, 2.24) is 4.31 Å². The first-order chi connectivity index (χ1) is 12.8. The van der Waals surface area contributed by atoms with Crippen molar-refractivity contribution >= 4 is 22.1 Å². The summed E-state index contributed by atoms with van der Waals surface area (Å²) in [4.78, 5) is 12.4. The summed E-state index contributed by atoms with van der Waals surface area (Å²) >= 11 is 0. The first-order valence-electron chi connectivity index (χ1n) is 8.88. The standard InChI is InChI=1S/C21H23NO4S/c1-4-26-21(23)14-20-19-8-6-5-7-17(19)13-16(3)22(20)27(24,25)18-11-9-15(2)10-12-18/h5-13,20H,4,14H2,1-3H3/t20-/m1/s1. The summed E-state index contributed by atoms with van der Waals surface area (Å²) < 4.78 is 33.2. The van der Waals surface area contributed by atoms with Gasteiger partial charge in [-0.2, -0.15) is 0 Å². The lowest BCUT2D eigenvalue weighted by Gasteiger charge is -2.37. The van der Waals surface area contributed by atoms with Gasteiger partial charge in [0.2, 0.25) is 0 Å². The molecule has 27 heavy (non-hydrogen) atoms. The summed E-state index contributed by atoms with van der Waals surface area (Å²) in [5, 5.41) is 0. The molecule has 6 heteroatoms. The quantitative estimate of drug-likeness (QED) is 0.728. The van der Waals surface area contributed by atoms with Gasteiger partial charge in [-0.25, -0.2) is 8.42 Å². The molecule has 0 saturated carbocycles. The van der Waals surface area contributed by atoms with Crippen LogP contribution >= 0.6 is 0 Å². The van der Waals surface area contributed by atoms with Crippen LogP contribution in [0, 0.1) is 6.92 Å². The van der Waals surface area contributed by atoms with Crippen molar-refractivity contribution in [2.75, 3.05) is 6.61 Å². The van der Waals surface area contributed by atoms with Crippen molar-refractivity contribution in [3.63, 3.8) is 0 Å². The molecule has 142 valence electrons. The first-order valence-corrected chi connectivity index (χ1v) is 10.3. The summed E-state index contributed by atoms with van der Waals surface area (Å²) in [5.74, 6) is -0.420. The van der Waals surface area contributed by atoms with Gasteiger partial charge >= 0.3 is 5.97 Å². The maximum atomic E-state index is 13.4. The highest BCUT2D eigenvalue weighted by Gasteiger charge is 2.37. The van der Waals surface area contributed by atoms with Gasteiger partial charge in [0, 0.05) is 5.70 Å². The van der Waals surface area contributed by atoms with Gasteiger partial charge in [-0.1, -0.05) is 42.0 Å². The maximum Gasteiger partial charge on any atom is 0.308 e. The van der Waals surface area contributed by atoms with E-state index in [-0.39, 0.29) is 17.9 Å². The summed E-state index contributed by atoms with van der Waals surface area (Å²) in [6.45, 7) is 5.65. The van der Waals surface area contributed by atoms with E-state index in [0.29, 0.717) is 5.70 Å². The maximum absolute atomic E-state index is 13.4. The minimum atomic E-state index is -3.82. The lowest BCUT2D eigenvalue weighted by atomic mass is 9.94. The van der Waals surface area contributed by atoms with E-state index >= 15 is 0 Å². The Morgan fingerprint density at radius 3 is 2.41 bits per heavy atom. The number of benzene rings is 2. The average molecular weight is 385 g/mol. The number of nitrogens with zero attached hydrogens (tertiary/aromatic N) is 1. The average Bonchev–Trinajstić information content (AvgIpc) is 2.62. The molecular formula is C21H23NO4S. The molecule has 1 heterocycles. The molecular weight excluding hydrogens is 362 g/mol. The number of rotatable bonds is 5. The monoisotopic (exact) mass is 385 g/mol. The summed E-state index contributed by atoms with van der Waals surface area (Å²) in [6, 6.07) is 13.6. The first kappa shape index (κ1) is 19.2. The Balaban J connectivity index is 2.10. The SMILES string of the molecule is CCOC(=O)C[C@@H]1c2ccccc2C=C(C)N1S(=O)(=O)c1ccc(C)cc1. The molecule has 0 spiro atoms. The van der Waals surface area contributed by atoms with Crippen LogP contribution in [0.4, 0.5) is 0 Å². The molecule has 0 aromatic heterocycles. The number of esters is 1. The van der Waals surface area contributed by atoms with E-state index < -0.39 is 22.0 Å². The molecule has 0 bridgehead atoms. The molecule has 5 nitrogen and oxygen atoms in total. The smallest absolute Gasteiger partial charge is 0.308 e. The number of sulfonamides is 1. The minimum absolute atomic E-state index is 0.0406. The Labute approximate surface area is 160 Å². The lowest BCUT2D eigenvalue weighted by Crippen LogP contribution is -2.37. The predicted molar refractivity (Wildman–Crippen MR) is 104 cm³/mol. The Hall–Kier alpha value is -2.60. The molecule has 1 aliphatic heterocycles. The van der Waals surface area contributed by atoms with Crippen LogP contribution in [0.1, 0.15) is 43.0 Å². The Bertz CT molecular complexity index is 977. The van der Waals surface area contributed by atoms with E-state index in [2.05, 4.69) is 0 Å². The van der Waals surface area contributed by atoms with Crippen LogP contribution in [0.3, 0.4) is 0 Å². The van der Waals surface area contributed by atoms with Crippen LogP contribution in [-0.2, 0) is 19.6 Å². The molecule has 1 atom stereocenters. The molecule has 0 aliphatic carbocycles. The van der Waals surface area contributed by atoms with Crippen molar-refractivity contribution < 1.29 is 17.9 Å². The second-order valence-electron chi connectivity index (χ2n) is 6.55. The number of allylic oxidation sites excluding steroid dienone is 1. The minimum Gasteiger partial charge on any atom is -0.466 e. The zero-order chi connectivity index (χ0) is 19.6. The highest BCUT2D eigenvalue weighted by Crippen LogP contribution is 2.40. The number of carbonyl (C=O) groups is 1. The van der Waals surface area contributed by atoms with Gasteiger partial charge in [0.25, 0.3) is 10.0 Å². The molecule has 2 aromatic carbocycles. The molecule has 0 unspecified atom stereocenters. The van der Waals surface area contributed by atoms with E-state index in [1.165, 1.54) is 4.31 Å². The van der Waals surface area contributed by atoms with Crippen LogP contribution in [0.2, 0.25) is 0 Å². The molecule has 0 fully saturated rings. The van der Waals surface area contributed by atoms with Crippen LogP contribution in [0.15, 0.2) is 59.1 Å². The van der Waals surface area contributed by atoms with E-state index in [0.717, 1.165) is 16.7 Å². The van der Waals surface area contributed by atoms with Crippen molar-refractivity contribution in [1.29, 1.82) is 0 Å². The summed E-state index contributed by atoms with van der Waals surface area (Å²) in [7, 11) is -3.82. The normalized spacial score (nSPS) is 16.5. The molecule has 0 radical (unpaired) electrons. The second-order valence-corrected chi connectivity index (χ2v) is 8.37. The third-order valence-electron chi connectivity index (χ3n) is 4.59. The molecule has 0 amide bonds. The highest BCUT2D eigenvalue weighted by molar-refractivity contribution is 7.89. The number of hydrogen-bond acceptors (Lipinski definition) is 4. The third kappa shape index (κ3) is 3.76. The van der Waals surface area contributed by atoms with Gasteiger partial charge < -0.3 is 4.74 Å². The molecule has 2 aromatic rings. The number of hydrogen-bond donors (Lipinski definition) is 0. The number of ether oxygens (including phenoxy) is 1. The lowest BCUT2D eigenvalue weighted by molar-refractivity contribution is -0.144. The predicted octanol–water partition coefficient (Wildman–Crippen LogP) is 4.05. The van der Waals surface area contributed by atoms with E-state index in [1.54, 1.807) is 38.1 Å². The Kier molecular flexibility index (Phi) is 5.37. The molecule has 0 saturated heterocycles. The molecule has 3 rings (SSSR count). The third-order valence-corrected chi connectivity index (χ3v) is 6.52. The van der Waals surface area contributed by atoms with Gasteiger partial charge in [0.1, 0.15) is 0 Å². The number of fused-ring (bicyclic) bond motifs is 1. The molecule has 1 aliphatic rings. The summed E-state index contributed by atoms with van der Waals surface area (Å²) in [6.07, 6.45) is 1.80. The molecule has 0 N–H and O–H groups in total. The van der Waals surface area contributed by atoms with E-state index in [4.69, 9.17) is 4.74 Å². The van der Waals surface area contributed by atoms with Crippen LogP contribution in [0.5, 0.6) is 0 Å². The van der Waals surface area contributed by atoms with Gasteiger partial charge in [0.05, 0.1) is 24.0 Å². The van der Waals surface area contributed by atoms with Gasteiger partial charge in [-0.3, -0.25) is 9.10 Å². The van der Waals surface area contributed by atoms with E-state index in [9.17, 15) is 13.2 Å². The fourth-order valence-electron chi connectivity index (χ4n) is 3.36. The second kappa shape index (κ2) is 7.56. The highest BCUT2D eigenvalue weighted by atomic mass is 32.2. The largest absolute Gasteiger partial charge is 0.466 e. The van der Waals surface area contributed by atoms with E-state index in [1.807, 2.05) is 37.3 Å². The van der Waals surface area contributed by atoms with Crippen LogP contribution in [-0.4, -0.2) is 25.3 Å². The van der Waals surface area contributed by atoms with Crippen LogP contribution in [0.25, 0.3) is 6.08 Å². The fraction of sp³-hybridized carbons (Fsp3) is 0.286. The topological polar surface area (TPSA) is 63.7 Å². The van der Waals surface area contributed by atoms with Crippen molar-refractivity contribution in [2.24, 2.45) is 0 Å². The van der Waals surface area contributed by atoms with Crippen molar-refractivity contribution in [3.8, 4) is 0 Å². The van der Waals surface area contributed by atoms with Gasteiger partial charge in [-0.05, 0) is 50.1 Å². The van der Waals surface area contributed by atoms with Crippen molar-refractivity contribution in [2.45, 2.75) is 38.1 Å². The number of aryl methyl sites for hydroxylation is 1. The van der Waals surface area contributed by atoms with Crippen LogP contribution < -0.4 is 0 Å². The number of carbonyl (C=O) groups excluding carboxylic acids is 1. The summed E-state index contributed by atoms with van der Waals surface area (Å²) in [5.41, 5.74) is 3.27. The van der Waals surface area contributed by atoms with Crippen molar-refractivity contribution in [3.05, 3.63) is 70.9 Å². The zero-order valence-corrected chi connectivity index (χ0v) is 16.5. The zero-order valence-electron chi connectivity index (χ0n) is 15.7. The Morgan fingerprint density at radius 2 is 1.74 bits per heavy atom. The Morgan fingerprint density at radius 1 is 1.07 bits per heavy atom. The van der Waals surface area contributed by atoms with Gasteiger partial charge in [-0.15, -0.1) is 0 Å².